The molecule has 1 heterocycles. The van der Waals surface area contributed by atoms with Gasteiger partial charge in [-0.1, -0.05) is 48.5 Å². The average molecular weight is 513 g/mol. The van der Waals surface area contributed by atoms with Crippen molar-refractivity contribution in [3.63, 3.8) is 0 Å². The van der Waals surface area contributed by atoms with Crippen molar-refractivity contribution >= 4 is 5.97 Å². The van der Waals surface area contributed by atoms with E-state index in [9.17, 15) is 9.90 Å². The fourth-order valence-electron chi connectivity index (χ4n) is 12.2. The maximum absolute atomic E-state index is 13.1. The zero-order valence-electron chi connectivity index (χ0n) is 24.8. The summed E-state index contributed by atoms with van der Waals surface area (Å²) in [6.45, 7) is 20.2. The molecule has 1 aliphatic heterocycles. The van der Waals surface area contributed by atoms with Crippen molar-refractivity contribution in [2.45, 2.75) is 119 Å². The highest BCUT2D eigenvalue weighted by atomic mass is 16.5. The van der Waals surface area contributed by atoms with Crippen LogP contribution in [0.4, 0.5) is 0 Å². The molecule has 5 fully saturated rings. The highest BCUT2D eigenvalue weighted by Crippen LogP contribution is 2.78. The molecule has 4 nitrogen and oxygen atoms in total. The number of allylic oxidation sites excluding steroid dienone is 1. The van der Waals surface area contributed by atoms with E-state index in [-0.39, 0.29) is 33.4 Å². The summed E-state index contributed by atoms with van der Waals surface area (Å²) in [5.41, 5.74) is 1.31. The zero-order chi connectivity index (χ0) is 26.8. The number of carbonyl (C=O) groups excluding carboxylic acids is 1. The summed E-state index contributed by atoms with van der Waals surface area (Å²) in [6.07, 6.45) is 11.2. The Labute approximate surface area is 225 Å². The van der Waals surface area contributed by atoms with Crippen molar-refractivity contribution in [3.8, 4) is 0 Å². The maximum atomic E-state index is 13.1. The summed E-state index contributed by atoms with van der Waals surface area (Å²) in [7, 11) is 0. The molecule has 5 aliphatic carbocycles. The Balaban J connectivity index is 1.40. The van der Waals surface area contributed by atoms with Gasteiger partial charge < -0.3 is 14.6 Å². The summed E-state index contributed by atoms with van der Waals surface area (Å²) < 4.78 is 12.2. The zero-order valence-corrected chi connectivity index (χ0v) is 24.8. The molecule has 0 aromatic carbocycles. The molecule has 1 saturated heterocycles. The molecular formula is C33H52O4. The lowest BCUT2D eigenvalue weighted by molar-refractivity contribution is -0.237. The molecule has 6 rings (SSSR count). The molecule has 0 amide bonds. The van der Waals surface area contributed by atoms with Crippen LogP contribution >= 0.6 is 0 Å². The Morgan fingerprint density at radius 2 is 1.62 bits per heavy atom. The van der Waals surface area contributed by atoms with Crippen LogP contribution in [0.5, 0.6) is 0 Å². The van der Waals surface area contributed by atoms with Crippen molar-refractivity contribution in [2.24, 2.45) is 56.2 Å². The van der Waals surface area contributed by atoms with E-state index in [1.54, 1.807) is 0 Å². The minimum absolute atomic E-state index is 0.0186. The SMILES string of the molecule is CCOC(=O)C1=C(O)C(C)(C)[C@@H]2CC[C@]3(C)[C@H](CC[C@@H]4[C@H]5[C@H]6OC[C@@]5(CCC6(C)C)CC[C@]43C)[C@@]2(C)C1. The quantitative estimate of drug-likeness (QED) is 0.383. The number of carbonyl (C=O) groups is 1. The third kappa shape index (κ3) is 3.09. The summed E-state index contributed by atoms with van der Waals surface area (Å²) >= 11 is 0. The summed E-state index contributed by atoms with van der Waals surface area (Å²) in [5, 5.41) is 11.4. The highest BCUT2D eigenvalue weighted by molar-refractivity contribution is 5.89. The fourth-order valence-corrected chi connectivity index (χ4v) is 12.2. The van der Waals surface area contributed by atoms with Crippen LogP contribution in [0.15, 0.2) is 11.3 Å². The molecule has 0 aromatic heterocycles. The Hall–Kier alpha value is -1.03. The number of esters is 1. The molecule has 0 radical (unpaired) electrons. The maximum Gasteiger partial charge on any atom is 0.337 e. The predicted molar refractivity (Wildman–Crippen MR) is 146 cm³/mol. The minimum atomic E-state index is -0.412. The number of rotatable bonds is 2. The molecule has 0 spiro atoms. The fraction of sp³-hybridized carbons (Fsp3) is 0.909. The smallest absolute Gasteiger partial charge is 0.337 e. The Morgan fingerprint density at radius 3 is 2.32 bits per heavy atom. The van der Waals surface area contributed by atoms with Gasteiger partial charge in [-0.15, -0.1) is 0 Å². The topological polar surface area (TPSA) is 55.8 Å². The van der Waals surface area contributed by atoms with Gasteiger partial charge in [-0.2, -0.15) is 0 Å². The first kappa shape index (κ1) is 26.2. The van der Waals surface area contributed by atoms with Gasteiger partial charge in [0, 0.05) is 5.41 Å². The second kappa shape index (κ2) is 7.79. The van der Waals surface area contributed by atoms with Gasteiger partial charge >= 0.3 is 5.97 Å². The largest absolute Gasteiger partial charge is 0.511 e. The van der Waals surface area contributed by atoms with E-state index >= 15 is 0 Å². The normalized spacial score (nSPS) is 51.4. The van der Waals surface area contributed by atoms with Crippen LogP contribution in [0, 0.1) is 56.2 Å². The number of hydrogen-bond donors (Lipinski definition) is 1. The van der Waals surface area contributed by atoms with Gasteiger partial charge in [0.2, 0.25) is 0 Å². The number of fused-ring (bicyclic) bond motifs is 5. The van der Waals surface area contributed by atoms with Crippen LogP contribution in [-0.2, 0) is 14.3 Å². The lowest BCUT2D eigenvalue weighted by Crippen LogP contribution is -2.67. The molecule has 9 atom stereocenters. The lowest BCUT2D eigenvalue weighted by atomic mass is 9.31. The van der Waals surface area contributed by atoms with E-state index in [1.165, 1.54) is 44.9 Å². The summed E-state index contributed by atoms with van der Waals surface area (Å²) in [6, 6.07) is 0. The second-order valence-corrected chi connectivity index (χ2v) is 16.2. The summed E-state index contributed by atoms with van der Waals surface area (Å²) in [4.78, 5) is 13.1. The van der Waals surface area contributed by atoms with Crippen molar-refractivity contribution in [1.29, 1.82) is 0 Å². The molecular weight excluding hydrogens is 460 g/mol. The minimum Gasteiger partial charge on any atom is -0.511 e. The Morgan fingerprint density at radius 1 is 0.919 bits per heavy atom. The van der Waals surface area contributed by atoms with Gasteiger partial charge in [0.1, 0.15) is 5.76 Å². The van der Waals surface area contributed by atoms with Crippen molar-refractivity contribution in [2.75, 3.05) is 13.2 Å². The Kier molecular flexibility index (Phi) is 5.52. The van der Waals surface area contributed by atoms with E-state index in [0.717, 1.165) is 18.9 Å². The van der Waals surface area contributed by atoms with Crippen molar-refractivity contribution < 1.29 is 19.4 Å². The second-order valence-electron chi connectivity index (χ2n) is 16.2. The lowest BCUT2D eigenvalue weighted by Gasteiger charge is -2.72. The molecule has 37 heavy (non-hydrogen) atoms. The van der Waals surface area contributed by atoms with E-state index in [0.29, 0.717) is 47.9 Å². The standard InChI is InChI=1S/C33H52O4/c1-9-36-27(35)20-18-30(6)22(29(4,5)25(20)34)12-13-32(8)23(30)11-10-21-24-26-28(2,3)14-16-33(24,19-37-26)17-15-31(21,32)7/h21-24,26,34H,9-19H2,1-8H3/t21-,22+,23-,24+,26-,30+,31-,32-,33-/m1/s1. The van der Waals surface area contributed by atoms with E-state index in [1.807, 2.05) is 6.92 Å². The molecule has 208 valence electrons. The molecule has 0 aromatic rings. The van der Waals surface area contributed by atoms with Crippen molar-refractivity contribution in [1.82, 2.24) is 0 Å². The molecule has 1 N–H and O–H groups in total. The monoisotopic (exact) mass is 512 g/mol. The Bertz CT molecular complexity index is 1030. The van der Waals surface area contributed by atoms with Crippen LogP contribution in [0.3, 0.4) is 0 Å². The third-order valence-electron chi connectivity index (χ3n) is 14.2. The molecule has 0 unspecified atom stereocenters. The van der Waals surface area contributed by atoms with Crippen LogP contribution in [0.2, 0.25) is 0 Å². The third-order valence-corrected chi connectivity index (χ3v) is 14.2. The van der Waals surface area contributed by atoms with Crippen LogP contribution < -0.4 is 0 Å². The van der Waals surface area contributed by atoms with Gasteiger partial charge in [-0.25, -0.2) is 4.79 Å². The van der Waals surface area contributed by atoms with Gasteiger partial charge in [-0.3, -0.25) is 0 Å². The first-order chi connectivity index (χ1) is 17.2. The number of ether oxygens (including phenoxy) is 2. The molecule has 4 saturated carbocycles. The molecule has 6 aliphatic rings. The molecule has 2 bridgehead atoms. The van der Waals surface area contributed by atoms with E-state index < -0.39 is 5.41 Å². The number of hydrogen-bond acceptors (Lipinski definition) is 4. The van der Waals surface area contributed by atoms with Gasteiger partial charge in [-0.05, 0) is 115 Å². The highest BCUT2D eigenvalue weighted by Gasteiger charge is 2.73. The van der Waals surface area contributed by atoms with Gasteiger partial charge in [0.15, 0.2) is 0 Å². The average Bonchev–Trinajstić information content (AvgIpc) is 3.16. The number of aliphatic hydroxyl groups is 1. The van der Waals surface area contributed by atoms with Gasteiger partial charge in [0.05, 0.1) is 24.9 Å². The van der Waals surface area contributed by atoms with Crippen LogP contribution in [0.1, 0.15) is 113 Å². The van der Waals surface area contributed by atoms with E-state index in [4.69, 9.17) is 9.47 Å². The van der Waals surface area contributed by atoms with Gasteiger partial charge in [0.25, 0.3) is 0 Å². The van der Waals surface area contributed by atoms with Crippen LogP contribution in [0.25, 0.3) is 0 Å². The first-order valence-corrected chi connectivity index (χ1v) is 15.4. The summed E-state index contributed by atoms with van der Waals surface area (Å²) in [5.74, 6) is 2.31. The molecule has 4 heteroatoms. The van der Waals surface area contributed by atoms with E-state index in [2.05, 4.69) is 48.5 Å². The van der Waals surface area contributed by atoms with Crippen LogP contribution in [-0.4, -0.2) is 30.4 Å². The predicted octanol–water partition coefficient (Wildman–Crippen LogP) is 7.86. The van der Waals surface area contributed by atoms with Crippen molar-refractivity contribution in [3.05, 3.63) is 11.3 Å². The first-order valence-electron chi connectivity index (χ1n) is 15.4. The number of aliphatic hydroxyl groups excluding tert-OH is 1.